The normalized spacial score (nSPS) is 20.8. The molecular formula is C33H47N7O4. The number of para-hydroxylation sites is 1. The third-order valence-corrected chi connectivity index (χ3v) is 9.28. The van der Waals surface area contributed by atoms with E-state index in [4.69, 9.17) is 0 Å². The summed E-state index contributed by atoms with van der Waals surface area (Å²) in [7, 11) is 1.51. The van der Waals surface area contributed by atoms with Crippen LogP contribution in [0.4, 0.5) is 4.79 Å². The average Bonchev–Trinajstić information content (AvgIpc) is 3.67. The smallest absolute Gasteiger partial charge is 0.318 e. The number of aromatic nitrogens is 1. The number of carbonyl (C=O) groups is 4. The van der Waals surface area contributed by atoms with Crippen LogP contribution >= 0.6 is 0 Å². The highest BCUT2D eigenvalue weighted by molar-refractivity contribution is 5.95. The number of hydrogen-bond donors (Lipinski definition) is 5. The van der Waals surface area contributed by atoms with Gasteiger partial charge in [-0.3, -0.25) is 14.4 Å². The number of carbonyl (C=O) groups excluding carboxylic acids is 4. The third kappa shape index (κ3) is 7.52. The summed E-state index contributed by atoms with van der Waals surface area (Å²) in [6.45, 7) is 5.99. The Balaban J connectivity index is 1.64. The zero-order valence-electron chi connectivity index (χ0n) is 26.4. The molecule has 0 bridgehead atoms. The number of benzene rings is 1. The number of H-pyrrole nitrogens is 1. The predicted octanol–water partition coefficient (Wildman–Crippen LogP) is 3.63. The number of hydrogen-bond acceptors (Lipinski definition) is 5. The Morgan fingerprint density at radius 3 is 2.23 bits per heavy atom. The zero-order chi connectivity index (χ0) is 31.8. The number of likely N-dealkylation sites (N-methyl/N-ethyl adjacent to an activating group) is 1. The van der Waals surface area contributed by atoms with Crippen molar-refractivity contribution < 1.29 is 19.2 Å². The van der Waals surface area contributed by atoms with Crippen LogP contribution in [-0.2, 0) is 20.8 Å². The number of rotatable bonds is 11. The Morgan fingerprint density at radius 2 is 1.59 bits per heavy atom. The maximum atomic E-state index is 14.1. The van der Waals surface area contributed by atoms with Gasteiger partial charge in [-0.15, -0.1) is 0 Å². The van der Waals surface area contributed by atoms with Crippen molar-refractivity contribution in [1.29, 1.82) is 5.26 Å². The van der Waals surface area contributed by atoms with Crippen molar-refractivity contribution in [3.63, 3.8) is 0 Å². The third-order valence-electron chi connectivity index (χ3n) is 9.28. The molecule has 5 unspecified atom stereocenters. The molecule has 2 fully saturated rings. The molecule has 238 valence electrons. The second kappa shape index (κ2) is 15.1. The minimum atomic E-state index is -1.09. The Kier molecular flexibility index (Phi) is 11.3. The molecular weight excluding hydrogens is 558 g/mol. The summed E-state index contributed by atoms with van der Waals surface area (Å²) in [4.78, 5) is 59.1. The minimum Gasteiger partial charge on any atom is -0.357 e. The van der Waals surface area contributed by atoms with Crippen molar-refractivity contribution >= 4 is 34.7 Å². The van der Waals surface area contributed by atoms with Gasteiger partial charge in [0.05, 0.1) is 0 Å². The van der Waals surface area contributed by atoms with Gasteiger partial charge in [-0.1, -0.05) is 44.4 Å². The fourth-order valence-electron chi connectivity index (χ4n) is 6.90. The van der Waals surface area contributed by atoms with Crippen molar-refractivity contribution in [2.24, 2.45) is 5.92 Å². The van der Waals surface area contributed by atoms with E-state index >= 15 is 0 Å². The van der Waals surface area contributed by atoms with Crippen molar-refractivity contribution in [3.8, 4) is 6.07 Å². The molecule has 0 radical (unpaired) electrons. The summed E-state index contributed by atoms with van der Waals surface area (Å²) in [5.74, 6) is -1.34. The Bertz CT molecular complexity index is 1370. The van der Waals surface area contributed by atoms with Gasteiger partial charge in [-0.2, -0.15) is 5.26 Å². The number of nitrogens with one attached hydrogen (secondary N) is 5. The first-order valence-corrected chi connectivity index (χ1v) is 16.1. The van der Waals surface area contributed by atoms with E-state index < -0.39 is 29.9 Å². The molecule has 2 heterocycles. The van der Waals surface area contributed by atoms with E-state index in [1.165, 1.54) is 7.05 Å². The first-order valence-electron chi connectivity index (χ1n) is 16.1. The fraction of sp³-hybridized carbons (Fsp3) is 0.606. The van der Waals surface area contributed by atoms with Crippen molar-refractivity contribution in [3.05, 3.63) is 35.5 Å². The van der Waals surface area contributed by atoms with E-state index in [0.717, 1.165) is 55.8 Å². The van der Waals surface area contributed by atoms with Gasteiger partial charge in [0.1, 0.15) is 29.9 Å². The van der Waals surface area contributed by atoms with Gasteiger partial charge in [0, 0.05) is 36.5 Å². The lowest BCUT2D eigenvalue weighted by atomic mass is 9.95. The van der Waals surface area contributed by atoms with Crippen LogP contribution in [0.5, 0.6) is 0 Å². The molecule has 1 aromatic heterocycles. The van der Waals surface area contributed by atoms with E-state index in [0.29, 0.717) is 24.1 Å². The van der Waals surface area contributed by atoms with Crippen LogP contribution in [0.3, 0.4) is 0 Å². The predicted molar refractivity (Wildman–Crippen MR) is 168 cm³/mol. The number of piperidine rings is 1. The lowest BCUT2D eigenvalue weighted by molar-refractivity contribution is -0.133. The van der Waals surface area contributed by atoms with Gasteiger partial charge in [0.25, 0.3) is 0 Å². The summed E-state index contributed by atoms with van der Waals surface area (Å²) in [6, 6.07) is 6.80. The second-order valence-electron chi connectivity index (χ2n) is 12.4. The summed E-state index contributed by atoms with van der Waals surface area (Å²) in [6.07, 6.45) is 7.55. The minimum absolute atomic E-state index is 0.0304. The summed E-state index contributed by atoms with van der Waals surface area (Å²) in [5.41, 5.74) is 1.66. The highest BCUT2D eigenvalue weighted by atomic mass is 16.2. The maximum Gasteiger partial charge on any atom is 0.318 e. The fourth-order valence-corrected chi connectivity index (χ4v) is 6.90. The van der Waals surface area contributed by atoms with Gasteiger partial charge in [-0.25, -0.2) is 4.79 Å². The molecule has 2 aromatic rings. The number of amides is 5. The molecule has 5 atom stereocenters. The largest absolute Gasteiger partial charge is 0.357 e. The molecule has 5 amide bonds. The second-order valence-corrected chi connectivity index (χ2v) is 12.4. The van der Waals surface area contributed by atoms with Gasteiger partial charge < -0.3 is 31.2 Å². The molecule has 0 spiro atoms. The lowest BCUT2D eigenvalue weighted by Crippen LogP contribution is -2.61. The average molecular weight is 606 g/mol. The molecule has 4 rings (SSSR count). The van der Waals surface area contributed by atoms with E-state index in [2.05, 4.69) is 32.3 Å². The first-order chi connectivity index (χ1) is 21.2. The van der Waals surface area contributed by atoms with Gasteiger partial charge >= 0.3 is 6.03 Å². The number of urea groups is 1. The Morgan fingerprint density at radius 1 is 0.932 bits per heavy atom. The highest BCUT2D eigenvalue weighted by Crippen LogP contribution is 2.30. The van der Waals surface area contributed by atoms with Crippen LogP contribution in [0, 0.1) is 17.2 Å². The van der Waals surface area contributed by atoms with E-state index in [-0.39, 0.29) is 36.4 Å². The van der Waals surface area contributed by atoms with Crippen LogP contribution in [0.15, 0.2) is 24.3 Å². The van der Waals surface area contributed by atoms with Crippen LogP contribution in [0.25, 0.3) is 10.9 Å². The van der Waals surface area contributed by atoms with Gasteiger partial charge in [0.2, 0.25) is 17.7 Å². The van der Waals surface area contributed by atoms with Gasteiger partial charge in [0.15, 0.2) is 0 Å². The number of likely N-dealkylation sites (tertiary alicyclic amines) is 1. The van der Waals surface area contributed by atoms with E-state index in [1.54, 1.807) is 0 Å². The molecule has 5 N–H and O–H groups in total. The molecule has 1 aliphatic carbocycles. The van der Waals surface area contributed by atoms with Crippen molar-refractivity contribution in [2.75, 3.05) is 7.05 Å². The number of nitrogens with zero attached hydrogens (tertiary/aromatic N) is 2. The van der Waals surface area contributed by atoms with Crippen LogP contribution in [0.1, 0.15) is 89.8 Å². The molecule has 2 aliphatic rings. The van der Waals surface area contributed by atoms with Gasteiger partial charge in [-0.05, 0) is 69.9 Å². The summed E-state index contributed by atoms with van der Waals surface area (Å²) in [5, 5.41) is 22.1. The van der Waals surface area contributed by atoms with Crippen molar-refractivity contribution in [2.45, 2.75) is 115 Å². The summed E-state index contributed by atoms with van der Waals surface area (Å²) < 4.78 is 0. The lowest BCUT2D eigenvalue weighted by Gasteiger charge is -2.40. The maximum absolute atomic E-state index is 14.1. The highest BCUT2D eigenvalue weighted by Gasteiger charge is 2.38. The van der Waals surface area contributed by atoms with Crippen LogP contribution in [-0.4, -0.2) is 70.9 Å². The Hall–Kier alpha value is -4.07. The topological polar surface area (TPSA) is 159 Å². The summed E-state index contributed by atoms with van der Waals surface area (Å²) >= 11 is 0. The Labute approximate surface area is 259 Å². The number of nitriles is 1. The molecule has 1 aromatic carbocycles. The van der Waals surface area contributed by atoms with Crippen molar-refractivity contribution in [1.82, 2.24) is 31.2 Å². The molecule has 44 heavy (non-hydrogen) atoms. The number of aromatic amines is 1. The van der Waals surface area contributed by atoms with Crippen LogP contribution < -0.4 is 21.3 Å². The SMILES string of the molecule is CCCC(NC(=O)C(Cc1c(C#N)[nH]c2ccccc12)NC(=O)C(NC(=O)N1C(C)CCCC1C)C1CCCC1)C(=O)NC. The standard InChI is InChI=1S/C33H47N7O4/c1-5-11-26(30(41)35-4)37-31(42)27(18-24-23-16-8-9-17-25(23)36-28(24)19-34)38-32(43)29(22-14-6-7-15-22)39-33(44)40-20(2)12-10-13-21(40)3/h8-9,16-17,20-22,26-27,29,36H,5-7,10-15,18H2,1-4H3,(H,35,41)(H,37,42)(H,38,43)(H,39,44). The number of fused-ring (bicyclic) bond motifs is 1. The molecule has 1 saturated heterocycles. The zero-order valence-corrected chi connectivity index (χ0v) is 26.4. The van der Waals surface area contributed by atoms with E-state index in [1.807, 2.05) is 49.9 Å². The quantitative estimate of drug-likeness (QED) is 0.264. The monoisotopic (exact) mass is 605 g/mol. The molecule has 11 heteroatoms. The molecule has 1 saturated carbocycles. The van der Waals surface area contributed by atoms with Crippen LogP contribution in [0.2, 0.25) is 0 Å². The molecule has 11 nitrogen and oxygen atoms in total. The van der Waals surface area contributed by atoms with E-state index in [9.17, 15) is 24.4 Å². The first kappa shape index (κ1) is 32.8. The molecule has 1 aliphatic heterocycles.